The van der Waals surface area contributed by atoms with Crippen LogP contribution in [0.15, 0.2) is 12.1 Å². The van der Waals surface area contributed by atoms with Gasteiger partial charge < -0.3 is 24.7 Å². The Balaban J connectivity index is 3.05. The summed E-state index contributed by atoms with van der Waals surface area (Å²) in [6.07, 6.45) is 0. The van der Waals surface area contributed by atoms with E-state index in [1.54, 1.807) is 33.5 Å². The maximum absolute atomic E-state index is 5.40. The molecule has 0 aliphatic heterocycles. The third kappa shape index (κ3) is 2.70. The minimum absolute atomic E-state index is 0.443. The quantitative estimate of drug-likeness (QED) is 0.787. The second kappa shape index (κ2) is 6.07. The van der Waals surface area contributed by atoms with E-state index in [2.05, 4.69) is 0 Å². The lowest BCUT2D eigenvalue weighted by Gasteiger charge is -2.14. The largest absolute Gasteiger partial charge is 0.493 e. The Bertz CT molecular complexity index is 316. The molecule has 0 spiro atoms. The molecule has 0 atom stereocenters. The Morgan fingerprint density at radius 3 is 1.94 bits per heavy atom. The van der Waals surface area contributed by atoms with Gasteiger partial charge in [0.1, 0.15) is 12.4 Å². The molecule has 5 nitrogen and oxygen atoms in total. The van der Waals surface area contributed by atoms with E-state index < -0.39 is 0 Å². The van der Waals surface area contributed by atoms with Crippen LogP contribution < -0.4 is 24.7 Å². The molecule has 2 N–H and O–H groups in total. The van der Waals surface area contributed by atoms with Crippen LogP contribution in [-0.4, -0.2) is 34.5 Å². The van der Waals surface area contributed by atoms with Gasteiger partial charge >= 0.3 is 0 Å². The van der Waals surface area contributed by atoms with Crippen molar-refractivity contribution in [1.29, 1.82) is 0 Å². The van der Waals surface area contributed by atoms with Crippen LogP contribution in [0.3, 0.4) is 0 Å². The SMILES string of the molecule is COc1cc(OCCN)cc(OC)c1OC. The predicted octanol–water partition coefficient (Wildman–Crippen LogP) is 1.05. The van der Waals surface area contributed by atoms with Gasteiger partial charge in [0.15, 0.2) is 11.5 Å². The first-order chi connectivity index (χ1) is 7.76. The summed E-state index contributed by atoms with van der Waals surface area (Å²) < 4.78 is 21.0. The van der Waals surface area contributed by atoms with Crippen LogP contribution in [0, 0.1) is 0 Å². The molecule has 0 aliphatic rings. The Morgan fingerprint density at radius 1 is 1.00 bits per heavy atom. The van der Waals surface area contributed by atoms with Gasteiger partial charge in [-0.2, -0.15) is 0 Å². The molecule has 0 saturated carbocycles. The molecule has 0 heterocycles. The summed E-state index contributed by atoms with van der Waals surface area (Å²) >= 11 is 0. The third-order valence-corrected chi connectivity index (χ3v) is 2.02. The number of nitrogens with two attached hydrogens (primary N) is 1. The van der Waals surface area contributed by atoms with Crippen LogP contribution >= 0.6 is 0 Å². The van der Waals surface area contributed by atoms with Gasteiger partial charge in [-0.15, -0.1) is 0 Å². The van der Waals surface area contributed by atoms with Crippen LogP contribution in [0.25, 0.3) is 0 Å². The van der Waals surface area contributed by atoms with E-state index in [1.807, 2.05) is 0 Å². The van der Waals surface area contributed by atoms with Gasteiger partial charge in [0.2, 0.25) is 5.75 Å². The smallest absolute Gasteiger partial charge is 0.203 e. The van der Waals surface area contributed by atoms with Gasteiger partial charge in [-0.05, 0) is 0 Å². The lowest BCUT2D eigenvalue weighted by Crippen LogP contribution is -2.10. The van der Waals surface area contributed by atoms with Gasteiger partial charge in [0.25, 0.3) is 0 Å². The molecule has 1 rings (SSSR count). The first kappa shape index (κ1) is 12.4. The van der Waals surface area contributed by atoms with Crippen molar-refractivity contribution in [2.75, 3.05) is 34.5 Å². The van der Waals surface area contributed by atoms with Crippen LogP contribution in [-0.2, 0) is 0 Å². The molecule has 0 saturated heterocycles. The Kier molecular flexibility index (Phi) is 4.72. The zero-order chi connectivity index (χ0) is 12.0. The maximum atomic E-state index is 5.40. The second-order valence-electron chi connectivity index (χ2n) is 3.00. The zero-order valence-corrected chi connectivity index (χ0v) is 9.78. The van der Waals surface area contributed by atoms with Crippen molar-refractivity contribution in [3.63, 3.8) is 0 Å². The summed E-state index contributed by atoms with van der Waals surface area (Å²) in [4.78, 5) is 0. The van der Waals surface area contributed by atoms with E-state index >= 15 is 0 Å². The van der Waals surface area contributed by atoms with Crippen molar-refractivity contribution in [3.05, 3.63) is 12.1 Å². The van der Waals surface area contributed by atoms with Crippen LogP contribution in [0.1, 0.15) is 0 Å². The van der Waals surface area contributed by atoms with Gasteiger partial charge in [0.05, 0.1) is 21.3 Å². The molecule has 1 aromatic rings. The summed E-state index contributed by atoms with van der Waals surface area (Å²) in [5.74, 6) is 2.31. The Morgan fingerprint density at radius 2 is 1.56 bits per heavy atom. The van der Waals surface area contributed by atoms with E-state index in [9.17, 15) is 0 Å². The van der Waals surface area contributed by atoms with Crippen molar-refractivity contribution in [2.45, 2.75) is 0 Å². The summed E-state index contributed by atoms with van der Waals surface area (Å²) in [7, 11) is 4.68. The summed E-state index contributed by atoms with van der Waals surface area (Å²) in [5.41, 5.74) is 5.36. The summed E-state index contributed by atoms with van der Waals surface area (Å²) in [5, 5.41) is 0. The topological polar surface area (TPSA) is 62.9 Å². The fourth-order valence-corrected chi connectivity index (χ4v) is 1.32. The molecule has 0 unspecified atom stereocenters. The second-order valence-corrected chi connectivity index (χ2v) is 3.00. The molecule has 5 heteroatoms. The zero-order valence-electron chi connectivity index (χ0n) is 9.78. The summed E-state index contributed by atoms with van der Waals surface area (Å²) in [6.45, 7) is 0.898. The third-order valence-electron chi connectivity index (χ3n) is 2.02. The standard InChI is InChI=1S/C11H17NO4/c1-13-9-6-8(16-5-4-12)7-10(14-2)11(9)15-3/h6-7H,4-5,12H2,1-3H3. The number of hydrogen-bond acceptors (Lipinski definition) is 5. The van der Waals surface area contributed by atoms with Crippen molar-refractivity contribution < 1.29 is 18.9 Å². The lowest BCUT2D eigenvalue weighted by atomic mass is 10.2. The van der Waals surface area contributed by atoms with E-state index in [1.165, 1.54) is 0 Å². The molecule has 0 radical (unpaired) electrons. The number of benzene rings is 1. The molecule has 0 aromatic heterocycles. The fourth-order valence-electron chi connectivity index (χ4n) is 1.32. The average molecular weight is 227 g/mol. The molecule has 0 aliphatic carbocycles. The highest BCUT2D eigenvalue weighted by molar-refractivity contribution is 5.55. The lowest BCUT2D eigenvalue weighted by molar-refractivity contribution is 0.304. The Hall–Kier alpha value is -1.62. The maximum Gasteiger partial charge on any atom is 0.203 e. The van der Waals surface area contributed by atoms with E-state index in [-0.39, 0.29) is 0 Å². The van der Waals surface area contributed by atoms with Gasteiger partial charge in [0, 0.05) is 18.7 Å². The van der Waals surface area contributed by atoms with Gasteiger partial charge in [-0.1, -0.05) is 0 Å². The minimum Gasteiger partial charge on any atom is -0.493 e. The molecule has 90 valence electrons. The number of methoxy groups -OCH3 is 3. The highest BCUT2D eigenvalue weighted by Gasteiger charge is 2.13. The van der Waals surface area contributed by atoms with Crippen LogP contribution in [0.4, 0.5) is 0 Å². The molecular weight excluding hydrogens is 210 g/mol. The first-order valence-electron chi connectivity index (χ1n) is 4.89. The van der Waals surface area contributed by atoms with Crippen molar-refractivity contribution in [2.24, 2.45) is 5.73 Å². The first-order valence-corrected chi connectivity index (χ1v) is 4.89. The Labute approximate surface area is 95.1 Å². The molecular formula is C11H17NO4. The number of rotatable bonds is 6. The van der Waals surface area contributed by atoms with E-state index in [4.69, 9.17) is 24.7 Å². The highest BCUT2D eigenvalue weighted by atomic mass is 16.5. The minimum atomic E-state index is 0.443. The van der Waals surface area contributed by atoms with E-state index in [0.29, 0.717) is 36.1 Å². The summed E-state index contributed by atoms with van der Waals surface area (Å²) in [6, 6.07) is 3.47. The predicted molar refractivity (Wildman–Crippen MR) is 60.6 cm³/mol. The van der Waals surface area contributed by atoms with Gasteiger partial charge in [-0.3, -0.25) is 0 Å². The highest BCUT2D eigenvalue weighted by Crippen LogP contribution is 2.40. The fraction of sp³-hybridized carbons (Fsp3) is 0.455. The molecule has 16 heavy (non-hydrogen) atoms. The monoisotopic (exact) mass is 227 g/mol. The van der Waals surface area contributed by atoms with E-state index in [0.717, 1.165) is 0 Å². The molecule has 0 bridgehead atoms. The molecule has 1 aromatic carbocycles. The van der Waals surface area contributed by atoms with Crippen molar-refractivity contribution >= 4 is 0 Å². The van der Waals surface area contributed by atoms with Gasteiger partial charge in [-0.25, -0.2) is 0 Å². The number of ether oxygens (including phenoxy) is 4. The average Bonchev–Trinajstić information content (AvgIpc) is 2.34. The van der Waals surface area contributed by atoms with Crippen LogP contribution in [0.2, 0.25) is 0 Å². The molecule has 0 fully saturated rings. The van der Waals surface area contributed by atoms with Crippen LogP contribution in [0.5, 0.6) is 23.0 Å². The van der Waals surface area contributed by atoms with Crippen molar-refractivity contribution in [3.8, 4) is 23.0 Å². The van der Waals surface area contributed by atoms with Crippen molar-refractivity contribution in [1.82, 2.24) is 0 Å². The molecule has 0 amide bonds. The number of hydrogen-bond donors (Lipinski definition) is 1. The normalized spacial score (nSPS) is 9.75.